The highest BCUT2D eigenvalue weighted by atomic mass is 32.8. The monoisotopic (exact) mass is 428 g/mol. The lowest BCUT2D eigenvalue weighted by Gasteiger charge is -2.41. The molecule has 0 aliphatic heterocycles. The summed E-state index contributed by atoms with van der Waals surface area (Å²) in [5.41, 5.74) is 3.45. The highest BCUT2D eigenvalue weighted by Crippen LogP contribution is 2.88. The molecule has 3 rings (SSSR count). The zero-order chi connectivity index (χ0) is 21.1. The van der Waals surface area contributed by atoms with Gasteiger partial charge in [0, 0.05) is 14.7 Å². The first-order valence-corrected chi connectivity index (χ1v) is 13.9. The van der Waals surface area contributed by atoms with E-state index in [2.05, 4.69) is 20.8 Å². The maximum Gasteiger partial charge on any atom is 0.378 e. The lowest BCUT2D eigenvalue weighted by molar-refractivity contribution is 0.395. The van der Waals surface area contributed by atoms with Crippen molar-refractivity contribution in [2.24, 2.45) is 0 Å². The molecule has 0 aliphatic rings. The highest BCUT2D eigenvalue weighted by Gasteiger charge is 2.46. The first-order valence-electron chi connectivity index (χ1n) is 10.0. The minimum Gasteiger partial charge on any atom is -0.317 e. The van der Waals surface area contributed by atoms with Crippen LogP contribution < -0.4 is 0 Å². The maximum atomic E-state index is 13.2. The summed E-state index contributed by atoms with van der Waals surface area (Å²) in [7, 11) is -2.76. The molecular weight excluding hydrogens is 399 g/mol. The van der Waals surface area contributed by atoms with Gasteiger partial charge >= 0.3 is 6.80 Å². The summed E-state index contributed by atoms with van der Waals surface area (Å²) in [6, 6.07) is 23.3. The standard InChI is InChI=1S/C24H29O3PS/c1-4-19-7-13-22(14-8-19)29(28(25,26)27,23-15-9-20(5-2)10-16-23)24-17-11-21(6-3)12-18-24/h7-18H,4-6H2,1-3H3,(H2,25,26,27). The summed E-state index contributed by atoms with van der Waals surface area (Å²) in [6.45, 7) is 1.66. The fraction of sp³-hybridized carbons (Fsp3) is 0.250. The zero-order valence-electron chi connectivity index (χ0n) is 17.2. The van der Waals surface area contributed by atoms with E-state index in [1.165, 1.54) is 0 Å². The topological polar surface area (TPSA) is 57.5 Å². The Balaban J connectivity index is 2.35. The van der Waals surface area contributed by atoms with Crippen LogP contribution in [0.15, 0.2) is 87.5 Å². The lowest BCUT2D eigenvalue weighted by Crippen LogP contribution is -2.05. The van der Waals surface area contributed by atoms with Gasteiger partial charge in [-0.25, -0.2) is 4.57 Å². The molecule has 0 amide bonds. The second-order valence-electron chi connectivity index (χ2n) is 7.06. The van der Waals surface area contributed by atoms with Gasteiger partial charge in [-0.2, -0.15) is 0 Å². The van der Waals surface area contributed by atoms with E-state index in [9.17, 15) is 14.4 Å². The SMILES string of the molecule is CCc1ccc(S(c2ccc(CC)cc2)(c2ccc(CC)cc2)P(=O)(O)O)cc1. The number of rotatable bonds is 7. The van der Waals surface area contributed by atoms with Crippen LogP contribution in [0.3, 0.4) is 0 Å². The number of hydrogen-bond donors (Lipinski definition) is 2. The molecule has 0 heterocycles. The van der Waals surface area contributed by atoms with Gasteiger partial charge in [0.2, 0.25) is 0 Å². The van der Waals surface area contributed by atoms with Crippen LogP contribution in [0.1, 0.15) is 37.5 Å². The van der Waals surface area contributed by atoms with Gasteiger partial charge in [-0.15, -0.1) is 0 Å². The third kappa shape index (κ3) is 4.08. The average molecular weight is 429 g/mol. The third-order valence-corrected chi connectivity index (χ3v) is 13.0. The van der Waals surface area contributed by atoms with Crippen molar-refractivity contribution >= 4 is 16.4 Å². The molecule has 0 atom stereocenters. The molecule has 0 unspecified atom stereocenters. The van der Waals surface area contributed by atoms with Crippen molar-refractivity contribution in [1.29, 1.82) is 0 Å². The van der Waals surface area contributed by atoms with Crippen molar-refractivity contribution in [1.82, 2.24) is 0 Å². The quantitative estimate of drug-likeness (QED) is 0.409. The van der Waals surface area contributed by atoms with Gasteiger partial charge in [0.15, 0.2) is 0 Å². The van der Waals surface area contributed by atoms with E-state index >= 15 is 0 Å². The molecule has 3 aromatic carbocycles. The van der Waals surface area contributed by atoms with E-state index in [-0.39, 0.29) is 0 Å². The summed E-state index contributed by atoms with van der Waals surface area (Å²) in [5, 5.41) is 0. The van der Waals surface area contributed by atoms with Gasteiger partial charge in [-0.3, -0.25) is 0 Å². The van der Waals surface area contributed by atoms with Crippen LogP contribution in [-0.4, -0.2) is 9.79 Å². The largest absolute Gasteiger partial charge is 0.378 e. The van der Waals surface area contributed by atoms with Crippen molar-refractivity contribution < 1.29 is 14.4 Å². The minimum atomic E-state index is -4.56. The predicted octanol–water partition coefficient (Wildman–Crippen LogP) is 6.75. The molecular formula is C24H29O3PS. The molecule has 0 aromatic heterocycles. The Morgan fingerprint density at radius 1 is 0.586 bits per heavy atom. The molecule has 0 bridgehead atoms. The molecule has 154 valence electrons. The molecule has 0 spiro atoms. The highest BCUT2D eigenvalue weighted by molar-refractivity contribution is 8.76. The first kappa shape index (κ1) is 21.9. The van der Waals surface area contributed by atoms with E-state index in [1.54, 1.807) is 0 Å². The van der Waals surface area contributed by atoms with Crippen molar-refractivity contribution in [3.63, 3.8) is 0 Å². The van der Waals surface area contributed by atoms with Gasteiger partial charge in [0.1, 0.15) is 0 Å². The molecule has 0 fully saturated rings. The van der Waals surface area contributed by atoms with Crippen LogP contribution >= 0.6 is 16.4 Å². The number of aryl methyl sites for hydroxylation is 3. The smallest absolute Gasteiger partial charge is 0.317 e. The molecule has 0 saturated carbocycles. The molecule has 5 heteroatoms. The summed E-state index contributed by atoms with van der Waals surface area (Å²) in [5.74, 6) is 0. The first-order chi connectivity index (χ1) is 13.9. The second kappa shape index (κ2) is 8.89. The minimum absolute atomic E-state index is 0.691. The Labute approximate surface area is 175 Å². The molecule has 3 aromatic rings. The summed E-state index contributed by atoms with van der Waals surface area (Å²) in [4.78, 5) is 23.7. The Kier molecular flexibility index (Phi) is 6.70. The van der Waals surface area contributed by atoms with Crippen molar-refractivity contribution in [3.05, 3.63) is 89.5 Å². The van der Waals surface area contributed by atoms with E-state index in [0.717, 1.165) is 36.0 Å². The molecule has 2 N–H and O–H groups in total. The summed E-state index contributed by atoms with van der Waals surface area (Å²) in [6.07, 6.45) is 2.65. The van der Waals surface area contributed by atoms with Crippen LogP contribution in [-0.2, 0) is 23.8 Å². The summed E-state index contributed by atoms with van der Waals surface area (Å²) < 4.78 is 13.2. The predicted molar refractivity (Wildman–Crippen MR) is 122 cm³/mol. The van der Waals surface area contributed by atoms with E-state index in [4.69, 9.17) is 0 Å². The lowest BCUT2D eigenvalue weighted by atomic mass is 10.2. The van der Waals surface area contributed by atoms with E-state index in [1.807, 2.05) is 72.8 Å². The number of benzene rings is 3. The second-order valence-corrected chi connectivity index (χ2v) is 13.7. The van der Waals surface area contributed by atoms with Crippen molar-refractivity contribution in [3.8, 4) is 0 Å². The van der Waals surface area contributed by atoms with Crippen LogP contribution in [0, 0.1) is 0 Å². The van der Waals surface area contributed by atoms with Crippen LogP contribution in [0.4, 0.5) is 0 Å². The van der Waals surface area contributed by atoms with Crippen LogP contribution in [0.5, 0.6) is 0 Å². The van der Waals surface area contributed by atoms with E-state index < -0.39 is 16.4 Å². The normalized spacial score (nSPS) is 12.7. The van der Waals surface area contributed by atoms with Crippen LogP contribution in [0.2, 0.25) is 0 Å². The molecule has 0 aliphatic carbocycles. The summed E-state index contributed by atoms with van der Waals surface area (Å²) >= 11 is 0. The van der Waals surface area contributed by atoms with Crippen molar-refractivity contribution in [2.75, 3.05) is 0 Å². The van der Waals surface area contributed by atoms with Gasteiger partial charge < -0.3 is 9.79 Å². The molecule has 3 nitrogen and oxygen atoms in total. The Morgan fingerprint density at radius 3 is 1.00 bits per heavy atom. The Bertz CT molecular complexity index is 874. The maximum absolute atomic E-state index is 13.2. The average Bonchev–Trinajstić information content (AvgIpc) is 2.74. The Morgan fingerprint density at radius 2 is 0.828 bits per heavy atom. The van der Waals surface area contributed by atoms with E-state index in [0.29, 0.717) is 14.7 Å². The molecule has 29 heavy (non-hydrogen) atoms. The van der Waals surface area contributed by atoms with Gasteiger partial charge in [-0.1, -0.05) is 66.8 Å². The zero-order valence-corrected chi connectivity index (χ0v) is 18.9. The fourth-order valence-electron chi connectivity index (χ4n) is 3.59. The van der Waals surface area contributed by atoms with Crippen LogP contribution in [0.25, 0.3) is 0 Å². The molecule has 0 saturated heterocycles. The van der Waals surface area contributed by atoms with Crippen molar-refractivity contribution in [2.45, 2.75) is 54.7 Å². The molecule has 0 radical (unpaired) electrons. The number of hydrogen-bond acceptors (Lipinski definition) is 1. The van der Waals surface area contributed by atoms with Gasteiger partial charge in [-0.05, 0) is 72.4 Å². The Hall–Kier alpha value is -1.84. The van der Waals surface area contributed by atoms with Gasteiger partial charge in [0.05, 0.1) is 0 Å². The van der Waals surface area contributed by atoms with Gasteiger partial charge in [0.25, 0.3) is 0 Å². The third-order valence-electron chi connectivity index (χ3n) is 5.37. The fourth-order valence-corrected chi connectivity index (χ4v) is 10.4.